The van der Waals surface area contributed by atoms with Crippen LogP contribution < -0.4 is 0 Å². The first-order chi connectivity index (χ1) is 11.2. The number of benzene rings is 1. The van der Waals surface area contributed by atoms with E-state index in [-0.39, 0.29) is 17.8 Å². The lowest BCUT2D eigenvalue weighted by molar-refractivity contribution is -0.133. The van der Waals surface area contributed by atoms with Crippen molar-refractivity contribution in [2.24, 2.45) is 5.92 Å². The van der Waals surface area contributed by atoms with Gasteiger partial charge in [-0.3, -0.25) is 4.79 Å². The Labute approximate surface area is 137 Å². The van der Waals surface area contributed by atoms with E-state index in [1.807, 2.05) is 18.2 Å². The van der Waals surface area contributed by atoms with Crippen LogP contribution in [-0.4, -0.2) is 36.5 Å². The van der Waals surface area contributed by atoms with E-state index in [1.165, 1.54) is 26.4 Å². The fourth-order valence-electron chi connectivity index (χ4n) is 3.98. The quantitative estimate of drug-likeness (QED) is 0.802. The summed E-state index contributed by atoms with van der Waals surface area (Å²) in [5, 5.41) is 0. The van der Waals surface area contributed by atoms with Gasteiger partial charge in [0.25, 0.3) is 0 Å². The zero-order valence-electron chi connectivity index (χ0n) is 13.8. The van der Waals surface area contributed by atoms with E-state index < -0.39 is 0 Å². The molecule has 1 saturated carbocycles. The number of carbonyl (C=O) groups is 2. The highest BCUT2D eigenvalue weighted by Gasteiger charge is 2.36. The van der Waals surface area contributed by atoms with Crippen LogP contribution >= 0.6 is 0 Å². The number of hydrogen-bond donors (Lipinski definition) is 0. The van der Waals surface area contributed by atoms with Crippen molar-refractivity contribution in [3.63, 3.8) is 0 Å². The second-order valence-electron chi connectivity index (χ2n) is 6.66. The predicted octanol–water partition coefficient (Wildman–Crippen LogP) is 3.20. The van der Waals surface area contributed by atoms with Gasteiger partial charge in [0.15, 0.2) is 0 Å². The van der Waals surface area contributed by atoms with Crippen LogP contribution in [0, 0.1) is 5.92 Å². The lowest BCUT2D eigenvalue weighted by Crippen LogP contribution is -2.39. The normalized spacial score (nSPS) is 22.4. The number of esters is 1. The molecule has 1 saturated heterocycles. The van der Waals surface area contributed by atoms with E-state index in [0.29, 0.717) is 18.0 Å². The minimum Gasteiger partial charge on any atom is -0.465 e. The Morgan fingerprint density at radius 1 is 1.17 bits per heavy atom. The Kier molecular flexibility index (Phi) is 4.99. The molecule has 4 heteroatoms. The SMILES string of the molecule is COC(=O)c1ccccc1CC1CCN(C2CCCCC2)C1=O. The molecule has 0 radical (unpaired) electrons. The molecule has 3 rings (SSSR count). The first-order valence-corrected chi connectivity index (χ1v) is 8.67. The molecular formula is C19H25NO3. The van der Waals surface area contributed by atoms with Crippen LogP contribution in [0.25, 0.3) is 0 Å². The highest BCUT2D eigenvalue weighted by atomic mass is 16.5. The van der Waals surface area contributed by atoms with Gasteiger partial charge >= 0.3 is 5.97 Å². The van der Waals surface area contributed by atoms with Gasteiger partial charge in [-0.2, -0.15) is 0 Å². The van der Waals surface area contributed by atoms with E-state index in [1.54, 1.807) is 6.07 Å². The molecular weight excluding hydrogens is 290 g/mol. The van der Waals surface area contributed by atoms with E-state index >= 15 is 0 Å². The molecule has 0 N–H and O–H groups in total. The number of likely N-dealkylation sites (tertiary alicyclic amines) is 1. The van der Waals surface area contributed by atoms with Crippen molar-refractivity contribution >= 4 is 11.9 Å². The Hall–Kier alpha value is -1.84. The number of hydrogen-bond acceptors (Lipinski definition) is 3. The Bertz CT molecular complexity index is 578. The summed E-state index contributed by atoms with van der Waals surface area (Å²) in [6.45, 7) is 0.870. The summed E-state index contributed by atoms with van der Waals surface area (Å²) in [6, 6.07) is 7.90. The fraction of sp³-hybridized carbons (Fsp3) is 0.579. The first-order valence-electron chi connectivity index (χ1n) is 8.67. The first kappa shape index (κ1) is 16.0. The second kappa shape index (κ2) is 7.16. The molecule has 124 valence electrons. The molecule has 1 unspecified atom stereocenters. The van der Waals surface area contributed by atoms with Crippen molar-refractivity contribution < 1.29 is 14.3 Å². The van der Waals surface area contributed by atoms with Gasteiger partial charge in [-0.15, -0.1) is 0 Å². The summed E-state index contributed by atoms with van der Waals surface area (Å²) in [7, 11) is 1.39. The molecule has 23 heavy (non-hydrogen) atoms. The number of nitrogens with zero attached hydrogens (tertiary/aromatic N) is 1. The van der Waals surface area contributed by atoms with Gasteiger partial charge in [-0.25, -0.2) is 4.79 Å². The van der Waals surface area contributed by atoms with Crippen LogP contribution in [-0.2, 0) is 16.0 Å². The summed E-state index contributed by atoms with van der Waals surface area (Å²) in [5.74, 6) is -0.0468. The van der Waals surface area contributed by atoms with Gasteiger partial charge in [-0.1, -0.05) is 37.5 Å². The summed E-state index contributed by atoms with van der Waals surface area (Å²) in [5.41, 5.74) is 1.50. The van der Waals surface area contributed by atoms with E-state index in [4.69, 9.17) is 4.74 Å². The van der Waals surface area contributed by atoms with E-state index in [0.717, 1.165) is 31.4 Å². The minimum atomic E-state index is -0.324. The van der Waals surface area contributed by atoms with Gasteiger partial charge in [0.1, 0.15) is 0 Å². The summed E-state index contributed by atoms with van der Waals surface area (Å²) in [4.78, 5) is 26.8. The summed E-state index contributed by atoms with van der Waals surface area (Å²) < 4.78 is 4.85. The van der Waals surface area contributed by atoms with Crippen LogP contribution in [0.2, 0.25) is 0 Å². The number of methoxy groups -OCH3 is 1. The zero-order chi connectivity index (χ0) is 16.2. The average Bonchev–Trinajstić information content (AvgIpc) is 2.96. The number of rotatable bonds is 4. The number of amides is 1. The highest BCUT2D eigenvalue weighted by molar-refractivity contribution is 5.91. The molecule has 2 fully saturated rings. The zero-order valence-corrected chi connectivity index (χ0v) is 13.8. The topological polar surface area (TPSA) is 46.6 Å². The van der Waals surface area contributed by atoms with Gasteiger partial charge in [0.05, 0.1) is 12.7 Å². The predicted molar refractivity (Wildman–Crippen MR) is 88.2 cm³/mol. The van der Waals surface area contributed by atoms with E-state index in [2.05, 4.69) is 4.90 Å². The Morgan fingerprint density at radius 3 is 2.65 bits per heavy atom. The molecule has 0 aromatic heterocycles. The molecule has 4 nitrogen and oxygen atoms in total. The molecule has 1 aliphatic heterocycles. The van der Waals surface area contributed by atoms with Gasteiger partial charge in [-0.05, 0) is 37.3 Å². The standard InChI is InChI=1S/C19H25NO3/c1-23-19(22)17-10-6-5-7-14(17)13-15-11-12-20(18(15)21)16-8-3-2-4-9-16/h5-7,10,15-16H,2-4,8-9,11-13H2,1H3. The molecule has 1 aromatic carbocycles. The van der Waals surface area contributed by atoms with Crippen LogP contribution in [0.5, 0.6) is 0 Å². The minimum absolute atomic E-state index is 0.00253. The van der Waals surface area contributed by atoms with Crippen molar-refractivity contribution in [1.82, 2.24) is 4.90 Å². The van der Waals surface area contributed by atoms with Crippen LogP contribution in [0.4, 0.5) is 0 Å². The average molecular weight is 315 g/mol. The highest BCUT2D eigenvalue weighted by Crippen LogP contribution is 2.30. The van der Waals surface area contributed by atoms with Crippen molar-refractivity contribution in [2.45, 2.75) is 51.0 Å². The molecule has 1 amide bonds. The largest absolute Gasteiger partial charge is 0.465 e. The van der Waals surface area contributed by atoms with Crippen molar-refractivity contribution in [1.29, 1.82) is 0 Å². The summed E-state index contributed by atoms with van der Waals surface area (Å²) in [6.07, 6.45) is 7.61. The van der Waals surface area contributed by atoms with Crippen molar-refractivity contribution in [3.8, 4) is 0 Å². The maximum Gasteiger partial charge on any atom is 0.338 e. The lowest BCUT2D eigenvalue weighted by atomic mass is 9.93. The molecule has 0 spiro atoms. The third-order valence-electron chi connectivity index (χ3n) is 5.26. The number of carbonyl (C=O) groups excluding carboxylic acids is 2. The number of ether oxygens (including phenoxy) is 1. The third-order valence-corrected chi connectivity index (χ3v) is 5.26. The fourth-order valence-corrected chi connectivity index (χ4v) is 3.98. The van der Waals surface area contributed by atoms with Crippen LogP contribution in [0.1, 0.15) is 54.4 Å². The summed E-state index contributed by atoms with van der Waals surface area (Å²) >= 11 is 0. The smallest absolute Gasteiger partial charge is 0.338 e. The molecule has 1 heterocycles. The molecule has 0 bridgehead atoms. The van der Waals surface area contributed by atoms with Crippen LogP contribution in [0.15, 0.2) is 24.3 Å². The van der Waals surface area contributed by atoms with Gasteiger partial charge in [0.2, 0.25) is 5.91 Å². The lowest BCUT2D eigenvalue weighted by Gasteiger charge is -2.31. The molecule has 1 aromatic rings. The van der Waals surface area contributed by atoms with Crippen molar-refractivity contribution in [2.75, 3.05) is 13.7 Å². The molecule has 1 atom stereocenters. The maximum atomic E-state index is 12.8. The molecule has 2 aliphatic rings. The van der Waals surface area contributed by atoms with E-state index in [9.17, 15) is 9.59 Å². The monoisotopic (exact) mass is 315 g/mol. The van der Waals surface area contributed by atoms with Crippen LogP contribution in [0.3, 0.4) is 0 Å². The second-order valence-corrected chi connectivity index (χ2v) is 6.66. The molecule has 1 aliphatic carbocycles. The Morgan fingerprint density at radius 2 is 1.91 bits per heavy atom. The van der Waals surface area contributed by atoms with Crippen molar-refractivity contribution in [3.05, 3.63) is 35.4 Å². The van der Waals surface area contributed by atoms with Gasteiger partial charge < -0.3 is 9.64 Å². The van der Waals surface area contributed by atoms with Gasteiger partial charge in [0, 0.05) is 18.5 Å². The maximum absolute atomic E-state index is 12.8. The Balaban J connectivity index is 1.70. The third kappa shape index (κ3) is 3.41.